The number of carbonyl (C=O) groups excluding carboxylic acids is 1. The van der Waals surface area contributed by atoms with Gasteiger partial charge < -0.3 is 25.6 Å². The smallest absolute Gasteiger partial charge is 0.314 e. The number of rotatable bonds is 11. The second kappa shape index (κ2) is 10.4. The highest BCUT2D eigenvalue weighted by Gasteiger charge is 2.24. The van der Waals surface area contributed by atoms with E-state index in [0.29, 0.717) is 19.6 Å². The van der Waals surface area contributed by atoms with Crippen molar-refractivity contribution in [1.82, 2.24) is 10.6 Å². The van der Waals surface area contributed by atoms with Crippen molar-refractivity contribution in [3.8, 4) is 0 Å². The Kier molecular flexibility index (Phi) is 9.75. The standard InChI is InChI=1S/C13H26N2O5/c1-3-4-7-20-8-5-6-14-12(18)15-10-13(2,19)9-11(16)17/h19H,3-10H2,1-2H3,(H,16,17)(H2,14,15,18). The fourth-order valence-electron chi connectivity index (χ4n) is 1.45. The monoisotopic (exact) mass is 290 g/mol. The highest BCUT2D eigenvalue weighted by Crippen LogP contribution is 2.06. The number of amides is 2. The number of urea groups is 1. The normalized spacial score (nSPS) is 13.6. The fourth-order valence-corrected chi connectivity index (χ4v) is 1.45. The van der Waals surface area contributed by atoms with Gasteiger partial charge in [-0.05, 0) is 19.8 Å². The lowest BCUT2D eigenvalue weighted by molar-refractivity contribution is -0.141. The summed E-state index contributed by atoms with van der Waals surface area (Å²) in [6.07, 6.45) is 2.42. The zero-order valence-electron chi connectivity index (χ0n) is 12.3. The van der Waals surface area contributed by atoms with Gasteiger partial charge in [-0.2, -0.15) is 0 Å². The van der Waals surface area contributed by atoms with Gasteiger partial charge in [-0.3, -0.25) is 4.79 Å². The third-order valence-electron chi connectivity index (χ3n) is 2.56. The number of carbonyl (C=O) groups is 2. The van der Waals surface area contributed by atoms with Crippen LogP contribution in [-0.2, 0) is 9.53 Å². The number of carboxylic acids is 1. The molecule has 0 saturated carbocycles. The summed E-state index contributed by atoms with van der Waals surface area (Å²) < 4.78 is 5.34. The van der Waals surface area contributed by atoms with Crippen LogP contribution < -0.4 is 10.6 Å². The van der Waals surface area contributed by atoms with Crippen molar-refractivity contribution in [3.05, 3.63) is 0 Å². The van der Waals surface area contributed by atoms with E-state index in [9.17, 15) is 14.7 Å². The minimum absolute atomic E-state index is 0.113. The molecule has 7 nitrogen and oxygen atoms in total. The number of unbranched alkanes of at least 4 members (excludes halogenated alkanes) is 1. The molecule has 4 N–H and O–H groups in total. The zero-order valence-corrected chi connectivity index (χ0v) is 12.3. The summed E-state index contributed by atoms with van der Waals surface area (Å²) >= 11 is 0. The Morgan fingerprint density at radius 2 is 1.85 bits per heavy atom. The molecule has 20 heavy (non-hydrogen) atoms. The number of aliphatic hydroxyl groups is 1. The molecule has 0 bridgehead atoms. The molecule has 0 aromatic heterocycles. The largest absolute Gasteiger partial charge is 0.481 e. The number of carboxylic acid groups (broad SMARTS) is 1. The van der Waals surface area contributed by atoms with Gasteiger partial charge in [-0.25, -0.2) is 4.79 Å². The van der Waals surface area contributed by atoms with Crippen LogP contribution in [0.4, 0.5) is 4.79 Å². The van der Waals surface area contributed by atoms with Crippen molar-refractivity contribution in [3.63, 3.8) is 0 Å². The average molecular weight is 290 g/mol. The summed E-state index contributed by atoms with van der Waals surface area (Å²) in [5, 5.41) is 23.3. The van der Waals surface area contributed by atoms with Gasteiger partial charge in [0.05, 0.1) is 12.0 Å². The van der Waals surface area contributed by atoms with E-state index in [1.54, 1.807) is 0 Å². The van der Waals surface area contributed by atoms with Gasteiger partial charge in [0, 0.05) is 26.3 Å². The average Bonchev–Trinajstić information content (AvgIpc) is 2.34. The van der Waals surface area contributed by atoms with Gasteiger partial charge in [-0.1, -0.05) is 13.3 Å². The van der Waals surface area contributed by atoms with Crippen molar-refractivity contribution in [1.29, 1.82) is 0 Å². The van der Waals surface area contributed by atoms with E-state index < -0.39 is 24.0 Å². The Morgan fingerprint density at radius 1 is 1.20 bits per heavy atom. The molecular formula is C13H26N2O5. The first kappa shape index (κ1) is 18.7. The van der Waals surface area contributed by atoms with Crippen molar-refractivity contribution in [2.24, 2.45) is 0 Å². The third-order valence-corrected chi connectivity index (χ3v) is 2.56. The first-order valence-corrected chi connectivity index (χ1v) is 6.91. The van der Waals surface area contributed by atoms with E-state index in [-0.39, 0.29) is 6.54 Å². The van der Waals surface area contributed by atoms with E-state index >= 15 is 0 Å². The van der Waals surface area contributed by atoms with Crippen LogP contribution >= 0.6 is 0 Å². The Labute approximate surface area is 119 Å². The van der Waals surface area contributed by atoms with Crippen LogP contribution in [0.25, 0.3) is 0 Å². The number of hydrogen-bond acceptors (Lipinski definition) is 4. The summed E-state index contributed by atoms with van der Waals surface area (Å²) in [4.78, 5) is 21.9. The molecule has 118 valence electrons. The van der Waals surface area contributed by atoms with Crippen LogP contribution in [0.5, 0.6) is 0 Å². The molecule has 0 aliphatic heterocycles. The van der Waals surface area contributed by atoms with Crippen LogP contribution in [0.3, 0.4) is 0 Å². The summed E-state index contributed by atoms with van der Waals surface area (Å²) in [6, 6.07) is -0.427. The van der Waals surface area contributed by atoms with E-state index in [1.165, 1.54) is 6.92 Å². The quantitative estimate of drug-likeness (QED) is 0.419. The Hall–Kier alpha value is -1.34. The molecule has 0 aromatic carbocycles. The topological polar surface area (TPSA) is 108 Å². The zero-order chi connectivity index (χ0) is 15.4. The molecule has 0 aliphatic carbocycles. The van der Waals surface area contributed by atoms with Gasteiger partial charge in [0.25, 0.3) is 0 Å². The van der Waals surface area contributed by atoms with Crippen LogP contribution in [0.15, 0.2) is 0 Å². The summed E-state index contributed by atoms with van der Waals surface area (Å²) in [5.41, 5.74) is -1.45. The maximum absolute atomic E-state index is 11.4. The Bertz CT molecular complexity index is 294. The second-order valence-corrected chi connectivity index (χ2v) is 5.00. The lowest BCUT2D eigenvalue weighted by Gasteiger charge is -2.21. The summed E-state index contributed by atoms with van der Waals surface area (Å²) in [7, 11) is 0. The summed E-state index contributed by atoms with van der Waals surface area (Å²) in [5.74, 6) is -1.11. The predicted molar refractivity (Wildman–Crippen MR) is 74.6 cm³/mol. The van der Waals surface area contributed by atoms with Crippen LogP contribution in [-0.4, -0.2) is 54.1 Å². The molecular weight excluding hydrogens is 264 g/mol. The van der Waals surface area contributed by atoms with Gasteiger partial charge in [0.1, 0.15) is 0 Å². The van der Waals surface area contributed by atoms with Crippen LogP contribution in [0.1, 0.15) is 39.5 Å². The Balaban J connectivity index is 3.56. The first-order valence-electron chi connectivity index (χ1n) is 6.91. The van der Waals surface area contributed by atoms with Gasteiger partial charge in [-0.15, -0.1) is 0 Å². The molecule has 0 aromatic rings. The molecule has 0 rings (SSSR count). The molecule has 1 atom stereocenters. The number of nitrogens with one attached hydrogen (secondary N) is 2. The molecule has 0 fully saturated rings. The second-order valence-electron chi connectivity index (χ2n) is 5.00. The van der Waals surface area contributed by atoms with Gasteiger partial charge in [0.2, 0.25) is 0 Å². The minimum Gasteiger partial charge on any atom is -0.481 e. The maximum Gasteiger partial charge on any atom is 0.314 e. The van der Waals surface area contributed by atoms with Crippen molar-refractivity contribution < 1.29 is 24.5 Å². The molecule has 0 radical (unpaired) electrons. The predicted octanol–water partition coefficient (Wildman–Crippen LogP) is 0.718. The van der Waals surface area contributed by atoms with Crippen molar-refractivity contribution in [2.45, 2.75) is 45.1 Å². The molecule has 0 heterocycles. The number of ether oxygens (including phenoxy) is 1. The third kappa shape index (κ3) is 11.7. The molecule has 1 unspecified atom stereocenters. The van der Waals surface area contributed by atoms with Gasteiger partial charge >= 0.3 is 12.0 Å². The highest BCUT2D eigenvalue weighted by molar-refractivity contribution is 5.74. The van der Waals surface area contributed by atoms with E-state index in [4.69, 9.17) is 9.84 Å². The Morgan fingerprint density at radius 3 is 2.45 bits per heavy atom. The molecule has 0 spiro atoms. The van der Waals surface area contributed by atoms with E-state index in [0.717, 1.165) is 19.4 Å². The molecule has 7 heteroatoms. The number of aliphatic carboxylic acids is 1. The van der Waals surface area contributed by atoms with Crippen molar-refractivity contribution in [2.75, 3.05) is 26.3 Å². The van der Waals surface area contributed by atoms with Crippen LogP contribution in [0, 0.1) is 0 Å². The molecule has 0 saturated heterocycles. The SMILES string of the molecule is CCCCOCCCNC(=O)NCC(C)(O)CC(=O)O. The van der Waals surface area contributed by atoms with Gasteiger partial charge in [0.15, 0.2) is 0 Å². The van der Waals surface area contributed by atoms with E-state index in [2.05, 4.69) is 17.6 Å². The lowest BCUT2D eigenvalue weighted by Crippen LogP contribution is -2.46. The fraction of sp³-hybridized carbons (Fsp3) is 0.846. The summed E-state index contributed by atoms with van der Waals surface area (Å²) in [6.45, 7) is 5.15. The maximum atomic E-state index is 11.4. The first-order chi connectivity index (χ1) is 9.37. The minimum atomic E-state index is -1.45. The van der Waals surface area contributed by atoms with E-state index in [1.807, 2.05) is 0 Å². The highest BCUT2D eigenvalue weighted by atomic mass is 16.5. The van der Waals surface area contributed by atoms with Crippen LogP contribution in [0.2, 0.25) is 0 Å². The molecule has 0 aliphatic rings. The number of hydrogen-bond donors (Lipinski definition) is 4. The lowest BCUT2D eigenvalue weighted by atomic mass is 10.0. The van der Waals surface area contributed by atoms with Crippen molar-refractivity contribution >= 4 is 12.0 Å². The molecule has 2 amide bonds.